The first kappa shape index (κ1) is 10.6. The monoisotopic (exact) mass is 217 g/mol. The number of nitrogens with zero attached hydrogens (tertiary/aromatic N) is 4. The molecule has 0 spiro atoms. The van der Waals surface area contributed by atoms with Crippen LogP contribution in [0.25, 0.3) is 11.0 Å². The van der Waals surface area contributed by atoms with Crippen molar-refractivity contribution in [3.05, 3.63) is 24.3 Å². The zero-order valence-electron chi connectivity index (χ0n) is 9.51. The Morgan fingerprint density at radius 1 is 1.31 bits per heavy atom. The Hall–Kier alpha value is -1.91. The summed E-state index contributed by atoms with van der Waals surface area (Å²) in [6.45, 7) is 5.64. The molecule has 0 bridgehead atoms. The molecule has 84 valence electrons. The number of rotatable bonds is 2. The molecule has 1 heterocycles. The maximum Gasteiger partial charge on any atom is 0.220 e. The summed E-state index contributed by atoms with van der Waals surface area (Å²) in [4.78, 5) is 1.93. The van der Waals surface area contributed by atoms with E-state index in [-0.39, 0.29) is 0 Å². The summed E-state index contributed by atoms with van der Waals surface area (Å²) in [5, 5.41) is 16.1. The van der Waals surface area contributed by atoms with Gasteiger partial charge >= 0.3 is 0 Å². The van der Waals surface area contributed by atoms with Gasteiger partial charge in [0.05, 0.1) is 5.52 Å². The second-order valence-corrected chi connectivity index (χ2v) is 3.49. The second kappa shape index (κ2) is 4.30. The summed E-state index contributed by atoms with van der Waals surface area (Å²) in [7, 11) is 0. The number of para-hydroxylation sites is 1. The number of hydrogen-bond donors (Lipinski definition) is 1. The molecule has 1 N–H and O–H groups in total. The molecule has 0 aliphatic carbocycles. The van der Waals surface area contributed by atoms with Crippen molar-refractivity contribution >= 4 is 17.0 Å². The Kier molecular flexibility index (Phi) is 2.85. The van der Waals surface area contributed by atoms with Crippen molar-refractivity contribution in [2.45, 2.75) is 13.8 Å². The topological polar surface area (TPSA) is 57.8 Å². The van der Waals surface area contributed by atoms with E-state index in [1.54, 1.807) is 4.68 Å². The van der Waals surface area contributed by atoms with Gasteiger partial charge < -0.3 is 4.90 Å². The van der Waals surface area contributed by atoms with E-state index in [4.69, 9.17) is 5.41 Å². The van der Waals surface area contributed by atoms with E-state index in [1.807, 2.05) is 43.0 Å². The Morgan fingerprint density at radius 3 is 2.69 bits per heavy atom. The predicted molar refractivity (Wildman–Crippen MR) is 63.6 cm³/mol. The fourth-order valence-corrected chi connectivity index (χ4v) is 1.68. The maximum atomic E-state index is 8.07. The largest absolute Gasteiger partial charge is 0.342 e. The lowest BCUT2D eigenvalue weighted by Gasteiger charge is -2.20. The minimum Gasteiger partial charge on any atom is -0.342 e. The van der Waals surface area contributed by atoms with E-state index in [1.165, 1.54) is 0 Å². The standard InChI is InChI=1S/C11H15N5/c1-3-15(4-2)11(12)16-10-8-6-5-7-9(10)13-14-16/h5-8,12H,3-4H2,1-2H3. The Bertz CT molecular complexity index is 498. The van der Waals surface area contributed by atoms with Gasteiger partial charge in [-0.25, -0.2) is 0 Å². The van der Waals surface area contributed by atoms with Crippen LogP contribution in [0, 0.1) is 5.41 Å². The Balaban J connectivity index is 2.43. The molecule has 2 rings (SSSR count). The van der Waals surface area contributed by atoms with Crippen molar-refractivity contribution in [2.75, 3.05) is 13.1 Å². The zero-order valence-corrected chi connectivity index (χ0v) is 9.51. The third-order valence-electron chi connectivity index (χ3n) is 2.62. The van der Waals surface area contributed by atoms with Crippen molar-refractivity contribution in [1.82, 2.24) is 19.9 Å². The van der Waals surface area contributed by atoms with Crippen LogP contribution in [0.5, 0.6) is 0 Å². The molecule has 16 heavy (non-hydrogen) atoms. The molecule has 0 aliphatic rings. The van der Waals surface area contributed by atoms with E-state index in [9.17, 15) is 0 Å². The lowest BCUT2D eigenvalue weighted by Crippen LogP contribution is -2.35. The molecule has 0 saturated carbocycles. The normalized spacial score (nSPS) is 10.6. The van der Waals surface area contributed by atoms with Gasteiger partial charge in [0.15, 0.2) is 0 Å². The highest BCUT2D eigenvalue weighted by molar-refractivity contribution is 5.88. The third-order valence-corrected chi connectivity index (χ3v) is 2.62. The van der Waals surface area contributed by atoms with Gasteiger partial charge in [-0.2, -0.15) is 4.68 Å². The van der Waals surface area contributed by atoms with Crippen LogP contribution in [-0.4, -0.2) is 38.9 Å². The first-order valence-corrected chi connectivity index (χ1v) is 5.42. The number of hydrogen-bond acceptors (Lipinski definition) is 3. The average molecular weight is 217 g/mol. The molecule has 0 aliphatic heterocycles. The maximum absolute atomic E-state index is 8.07. The van der Waals surface area contributed by atoms with Crippen LogP contribution in [0.3, 0.4) is 0 Å². The number of fused-ring (bicyclic) bond motifs is 1. The summed E-state index contributed by atoms with van der Waals surface area (Å²) in [6.07, 6.45) is 0. The third kappa shape index (κ3) is 1.64. The highest BCUT2D eigenvalue weighted by Gasteiger charge is 2.12. The van der Waals surface area contributed by atoms with E-state index < -0.39 is 0 Å². The highest BCUT2D eigenvalue weighted by Crippen LogP contribution is 2.10. The fraction of sp³-hybridized carbons (Fsp3) is 0.364. The minimum absolute atomic E-state index is 0.374. The SMILES string of the molecule is CCN(CC)C(=N)n1nnc2ccccc21. The van der Waals surface area contributed by atoms with Crippen LogP contribution in [-0.2, 0) is 0 Å². The van der Waals surface area contributed by atoms with Crippen molar-refractivity contribution < 1.29 is 0 Å². The Morgan fingerprint density at radius 2 is 2.00 bits per heavy atom. The van der Waals surface area contributed by atoms with Crippen LogP contribution in [0.1, 0.15) is 13.8 Å². The molecule has 0 atom stereocenters. The summed E-state index contributed by atoms with van der Waals surface area (Å²) in [5.41, 5.74) is 1.69. The summed E-state index contributed by atoms with van der Waals surface area (Å²) in [5.74, 6) is 0.374. The van der Waals surface area contributed by atoms with Gasteiger partial charge in [-0.15, -0.1) is 5.10 Å². The molecule has 0 radical (unpaired) electrons. The summed E-state index contributed by atoms with van der Waals surface area (Å²) in [6, 6.07) is 7.67. The highest BCUT2D eigenvalue weighted by atomic mass is 15.5. The molecule has 2 aromatic rings. The van der Waals surface area contributed by atoms with Gasteiger partial charge in [-0.1, -0.05) is 17.3 Å². The molecule has 1 aromatic carbocycles. The van der Waals surface area contributed by atoms with Gasteiger partial charge in [-0.3, -0.25) is 5.41 Å². The second-order valence-electron chi connectivity index (χ2n) is 3.49. The molecular formula is C11H15N5. The molecule has 0 amide bonds. The van der Waals surface area contributed by atoms with Crippen molar-refractivity contribution in [3.63, 3.8) is 0 Å². The van der Waals surface area contributed by atoms with E-state index in [0.717, 1.165) is 24.1 Å². The molecule has 0 unspecified atom stereocenters. The van der Waals surface area contributed by atoms with Crippen molar-refractivity contribution in [1.29, 1.82) is 5.41 Å². The van der Waals surface area contributed by atoms with Gasteiger partial charge in [0, 0.05) is 13.1 Å². The smallest absolute Gasteiger partial charge is 0.220 e. The van der Waals surface area contributed by atoms with Gasteiger partial charge in [0.2, 0.25) is 5.96 Å². The predicted octanol–water partition coefficient (Wildman–Crippen LogP) is 1.56. The lowest BCUT2D eigenvalue weighted by atomic mass is 10.3. The number of benzene rings is 1. The van der Waals surface area contributed by atoms with Gasteiger partial charge in [0.25, 0.3) is 0 Å². The molecule has 0 fully saturated rings. The number of nitrogens with one attached hydrogen (secondary N) is 1. The summed E-state index contributed by atoms with van der Waals surface area (Å²) >= 11 is 0. The van der Waals surface area contributed by atoms with Crippen LogP contribution < -0.4 is 0 Å². The van der Waals surface area contributed by atoms with Crippen LogP contribution in [0.15, 0.2) is 24.3 Å². The Labute approximate surface area is 94.2 Å². The fourth-order valence-electron chi connectivity index (χ4n) is 1.68. The van der Waals surface area contributed by atoms with Gasteiger partial charge in [-0.05, 0) is 26.0 Å². The first-order chi connectivity index (χ1) is 7.77. The number of aromatic nitrogens is 3. The molecular weight excluding hydrogens is 202 g/mol. The molecule has 5 heteroatoms. The zero-order chi connectivity index (χ0) is 11.5. The molecule has 5 nitrogen and oxygen atoms in total. The van der Waals surface area contributed by atoms with Gasteiger partial charge in [0.1, 0.15) is 5.52 Å². The first-order valence-electron chi connectivity index (χ1n) is 5.42. The van der Waals surface area contributed by atoms with Crippen LogP contribution in [0.2, 0.25) is 0 Å². The quantitative estimate of drug-likeness (QED) is 0.613. The van der Waals surface area contributed by atoms with Crippen molar-refractivity contribution in [3.8, 4) is 0 Å². The van der Waals surface area contributed by atoms with Crippen LogP contribution >= 0.6 is 0 Å². The van der Waals surface area contributed by atoms with E-state index >= 15 is 0 Å². The van der Waals surface area contributed by atoms with Crippen LogP contribution in [0.4, 0.5) is 0 Å². The van der Waals surface area contributed by atoms with E-state index in [0.29, 0.717) is 5.96 Å². The molecule has 1 aromatic heterocycles. The lowest BCUT2D eigenvalue weighted by molar-refractivity contribution is 0.441. The average Bonchev–Trinajstić information content (AvgIpc) is 2.74. The van der Waals surface area contributed by atoms with E-state index in [2.05, 4.69) is 10.3 Å². The van der Waals surface area contributed by atoms with Crippen molar-refractivity contribution in [2.24, 2.45) is 0 Å². The minimum atomic E-state index is 0.374. The molecule has 0 saturated heterocycles. The summed E-state index contributed by atoms with van der Waals surface area (Å²) < 4.78 is 1.57.